The Kier molecular flexibility index (Phi) is 15.5. The van der Waals surface area contributed by atoms with Gasteiger partial charge in [-0.3, -0.25) is 4.79 Å². The smallest absolute Gasteiger partial charge is 0.348 e. The number of hydrogen-bond donors (Lipinski definition) is 3. The lowest BCUT2D eigenvalue weighted by Crippen LogP contribution is -2.09. The van der Waals surface area contributed by atoms with Crippen molar-refractivity contribution in [3.63, 3.8) is 0 Å². The van der Waals surface area contributed by atoms with Gasteiger partial charge in [0.1, 0.15) is 11.2 Å². The van der Waals surface area contributed by atoms with Crippen LogP contribution in [0, 0.1) is 5.41 Å². The highest BCUT2D eigenvalue weighted by atomic mass is 32.1. The van der Waals surface area contributed by atoms with Crippen molar-refractivity contribution in [3.8, 4) is 0 Å². The fraction of sp³-hybridized carbons (Fsp3) is 0.375. The Balaban J connectivity index is 0. The van der Waals surface area contributed by atoms with E-state index < -0.39 is 5.97 Å². The molecule has 8 heteroatoms. The Labute approximate surface area is 147 Å². The summed E-state index contributed by atoms with van der Waals surface area (Å²) in [6.45, 7) is 6.24. The fourth-order valence-electron chi connectivity index (χ4n) is 1.19. The summed E-state index contributed by atoms with van der Waals surface area (Å²) in [7, 11) is 0. The standard InChI is InChI=1S/C8H10N2S.C4H7NO2.C4H8O2/c9-5-6-1-3-7(4-2-6)8(10)11;1-2-7-4(6)3-5;1-3-6-4(2)5/h1-4H,5,9H2,(H2,10,11);3,5H,2H2,1H3;3H2,1-2H3. The molecular weight excluding hydrogens is 330 g/mol. The summed E-state index contributed by atoms with van der Waals surface area (Å²) < 4.78 is 8.71. The SMILES string of the molecule is CCOC(=O)C=N.CCOC(C)=O.NCc1ccc(C(N)=S)cc1. The van der Waals surface area contributed by atoms with Crippen molar-refractivity contribution in [2.45, 2.75) is 27.3 Å². The first kappa shape index (κ1) is 23.9. The van der Waals surface area contributed by atoms with E-state index in [1.165, 1.54) is 6.92 Å². The van der Waals surface area contributed by atoms with Gasteiger partial charge in [-0.15, -0.1) is 0 Å². The molecule has 0 aliphatic heterocycles. The number of carbonyl (C=O) groups excluding carboxylic acids is 2. The topological polar surface area (TPSA) is 128 Å². The van der Waals surface area contributed by atoms with E-state index in [9.17, 15) is 9.59 Å². The van der Waals surface area contributed by atoms with Crippen molar-refractivity contribution >= 4 is 35.4 Å². The lowest BCUT2D eigenvalue weighted by molar-refractivity contribution is -0.140. The van der Waals surface area contributed by atoms with Crippen LogP contribution >= 0.6 is 12.2 Å². The summed E-state index contributed by atoms with van der Waals surface area (Å²) >= 11 is 4.79. The Hall–Kier alpha value is -2.32. The van der Waals surface area contributed by atoms with Gasteiger partial charge in [0.2, 0.25) is 0 Å². The highest BCUT2D eigenvalue weighted by Crippen LogP contribution is 2.02. The Morgan fingerprint density at radius 2 is 1.67 bits per heavy atom. The van der Waals surface area contributed by atoms with Crippen molar-refractivity contribution in [2.75, 3.05) is 13.2 Å². The third-order valence-corrected chi connectivity index (χ3v) is 2.46. The Morgan fingerprint density at radius 3 is 1.88 bits per heavy atom. The monoisotopic (exact) mass is 355 g/mol. The highest BCUT2D eigenvalue weighted by Gasteiger charge is 1.94. The molecule has 5 N–H and O–H groups in total. The summed E-state index contributed by atoms with van der Waals surface area (Å²) in [6.07, 6.45) is 0.642. The van der Waals surface area contributed by atoms with Crippen LogP contribution in [0.4, 0.5) is 0 Å². The molecule has 0 amide bonds. The molecule has 0 atom stereocenters. The maximum absolute atomic E-state index is 9.95. The maximum Gasteiger partial charge on any atom is 0.348 e. The minimum atomic E-state index is -0.581. The Bertz CT molecular complexity index is 519. The van der Waals surface area contributed by atoms with Gasteiger partial charge in [-0.05, 0) is 19.4 Å². The van der Waals surface area contributed by atoms with Crippen LogP contribution in [0.2, 0.25) is 0 Å². The van der Waals surface area contributed by atoms with Crippen LogP contribution in [0.5, 0.6) is 0 Å². The second-order valence-electron chi connectivity index (χ2n) is 4.09. The van der Waals surface area contributed by atoms with E-state index in [-0.39, 0.29) is 5.97 Å². The van der Waals surface area contributed by atoms with Gasteiger partial charge in [0.25, 0.3) is 0 Å². The number of thiocarbonyl (C=S) groups is 1. The largest absolute Gasteiger partial charge is 0.466 e. The van der Waals surface area contributed by atoms with Gasteiger partial charge < -0.3 is 26.4 Å². The number of rotatable bonds is 5. The summed E-state index contributed by atoms with van der Waals surface area (Å²) in [5, 5.41) is 6.31. The van der Waals surface area contributed by atoms with E-state index in [4.69, 9.17) is 29.1 Å². The lowest BCUT2D eigenvalue weighted by atomic mass is 10.1. The van der Waals surface area contributed by atoms with E-state index in [0.717, 1.165) is 11.1 Å². The lowest BCUT2D eigenvalue weighted by Gasteiger charge is -1.98. The molecule has 134 valence electrons. The third-order valence-electron chi connectivity index (χ3n) is 2.23. The van der Waals surface area contributed by atoms with Crippen LogP contribution < -0.4 is 11.5 Å². The van der Waals surface area contributed by atoms with E-state index in [0.29, 0.717) is 31.0 Å². The van der Waals surface area contributed by atoms with Gasteiger partial charge in [0.15, 0.2) is 0 Å². The van der Waals surface area contributed by atoms with Gasteiger partial charge in [0, 0.05) is 19.0 Å². The van der Waals surface area contributed by atoms with Crippen molar-refractivity contribution in [1.29, 1.82) is 5.41 Å². The predicted molar refractivity (Wildman–Crippen MR) is 97.9 cm³/mol. The van der Waals surface area contributed by atoms with E-state index in [2.05, 4.69) is 9.47 Å². The molecule has 0 aliphatic rings. The molecule has 0 unspecified atom stereocenters. The number of benzene rings is 1. The molecule has 0 saturated heterocycles. The van der Waals surface area contributed by atoms with Crippen molar-refractivity contribution in [2.24, 2.45) is 11.5 Å². The van der Waals surface area contributed by atoms with Crippen LogP contribution in [-0.2, 0) is 25.6 Å². The number of nitrogens with two attached hydrogens (primary N) is 2. The van der Waals surface area contributed by atoms with Crippen molar-refractivity contribution in [3.05, 3.63) is 35.4 Å². The van der Waals surface area contributed by atoms with Gasteiger partial charge >= 0.3 is 11.9 Å². The molecule has 0 saturated carbocycles. The predicted octanol–water partition coefficient (Wildman–Crippen LogP) is 1.55. The zero-order chi connectivity index (χ0) is 19.0. The zero-order valence-corrected chi connectivity index (χ0v) is 15.0. The van der Waals surface area contributed by atoms with Gasteiger partial charge in [-0.25, -0.2) is 4.79 Å². The molecular formula is C16H25N3O4S. The van der Waals surface area contributed by atoms with E-state index >= 15 is 0 Å². The quantitative estimate of drug-likeness (QED) is 0.415. The average molecular weight is 355 g/mol. The molecule has 0 spiro atoms. The molecule has 0 fully saturated rings. The average Bonchev–Trinajstić information content (AvgIpc) is 2.56. The molecule has 0 bridgehead atoms. The number of ether oxygens (including phenoxy) is 2. The number of hydrogen-bond acceptors (Lipinski definition) is 7. The van der Waals surface area contributed by atoms with Crippen LogP contribution in [0.3, 0.4) is 0 Å². The van der Waals surface area contributed by atoms with Crippen LogP contribution in [0.1, 0.15) is 31.9 Å². The summed E-state index contributed by atoms with van der Waals surface area (Å²) in [5.74, 6) is -0.792. The zero-order valence-electron chi connectivity index (χ0n) is 14.2. The molecule has 1 aromatic rings. The van der Waals surface area contributed by atoms with Crippen LogP contribution in [-0.4, -0.2) is 36.4 Å². The Morgan fingerprint density at radius 1 is 1.17 bits per heavy atom. The first-order chi connectivity index (χ1) is 11.3. The van der Waals surface area contributed by atoms with Gasteiger partial charge in [0.05, 0.1) is 13.2 Å². The minimum Gasteiger partial charge on any atom is -0.466 e. The van der Waals surface area contributed by atoms with E-state index in [1.54, 1.807) is 13.8 Å². The molecule has 7 nitrogen and oxygen atoms in total. The van der Waals surface area contributed by atoms with Crippen LogP contribution in [0.15, 0.2) is 24.3 Å². The number of nitrogens with one attached hydrogen (secondary N) is 1. The molecule has 0 radical (unpaired) electrons. The summed E-state index contributed by atoms with van der Waals surface area (Å²) in [5.41, 5.74) is 12.8. The second kappa shape index (κ2) is 15.6. The fourth-order valence-corrected chi connectivity index (χ4v) is 1.33. The van der Waals surface area contributed by atoms with Gasteiger partial charge in [-0.1, -0.05) is 36.5 Å². The van der Waals surface area contributed by atoms with Crippen molar-refractivity contribution < 1.29 is 19.1 Å². The first-order valence-corrected chi connectivity index (χ1v) is 7.62. The number of carbonyl (C=O) groups is 2. The van der Waals surface area contributed by atoms with Crippen LogP contribution in [0.25, 0.3) is 0 Å². The van der Waals surface area contributed by atoms with Gasteiger partial charge in [-0.2, -0.15) is 0 Å². The molecule has 24 heavy (non-hydrogen) atoms. The molecule has 0 aliphatic carbocycles. The number of esters is 2. The first-order valence-electron chi connectivity index (χ1n) is 7.21. The summed E-state index contributed by atoms with van der Waals surface area (Å²) in [4.78, 5) is 20.2. The molecule has 0 heterocycles. The molecule has 0 aromatic heterocycles. The van der Waals surface area contributed by atoms with E-state index in [1.807, 2.05) is 24.3 Å². The van der Waals surface area contributed by atoms with Crippen molar-refractivity contribution in [1.82, 2.24) is 0 Å². The third kappa shape index (κ3) is 14.6. The minimum absolute atomic E-state index is 0.211. The normalized spacial score (nSPS) is 8.50. The second-order valence-corrected chi connectivity index (χ2v) is 4.53. The maximum atomic E-state index is 9.95. The molecule has 1 rings (SSSR count). The summed E-state index contributed by atoms with van der Waals surface area (Å²) in [6, 6.07) is 7.61. The molecule has 1 aromatic carbocycles. The highest BCUT2D eigenvalue weighted by molar-refractivity contribution is 7.80.